The van der Waals surface area contributed by atoms with Crippen LogP contribution in [0.5, 0.6) is 5.75 Å². The van der Waals surface area contributed by atoms with Gasteiger partial charge in [0, 0.05) is 34.1 Å². The summed E-state index contributed by atoms with van der Waals surface area (Å²) in [7, 11) is -4.84. The Kier molecular flexibility index (Phi) is 11.9. The van der Waals surface area contributed by atoms with Crippen molar-refractivity contribution in [2.45, 2.75) is 49.1 Å². The second-order valence-electron chi connectivity index (χ2n) is 11.8. The monoisotopic (exact) mass is 709 g/mol. The Morgan fingerprint density at radius 1 is 0.837 bits per heavy atom. The van der Waals surface area contributed by atoms with Crippen molar-refractivity contribution in [1.29, 1.82) is 0 Å². The third-order valence-electron chi connectivity index (χ3n) is 8.59. The van der Waals surface area contributed by atoms with Gasteiger partial charge < -0.3 is 25.2 Å². The maximum atomic E-state index is 13.9. The number of carbonyl (C=O) groups excluding carboxylic acids is 3. The summed E-state index contributed by atoms with van der Waals surface area (Å²) in [5.41, 5.74) is 3.16. The second kappa shape index (κ2) is 15.9. The fraction of sp³-hybridized carbons (Fsp3) is 0.250. The summed E-state index contributed by atoms with van der Waals surface area (Å²) in [6.45, 7) is -0.150. The smallest absolute Gasteiger partial charge is 0.744 e. The maximum absolute atomic E-state index is 13.9. The van der Waals surface area contributed by atoms with Crippen LogP contribution in [0.4, 0.5) is 17.1 Å². The number of amides is 1. The van der Waals surface area contributed by atoms with Gasteiger partial charge in [-0.15, -0.1) is 11.6 Å². The molecule has 6 rings (SSSR count). The molecule has 0 saturated heterocycles. The molecular weight excluding hydrogens is 677 g/mol. The molecule has 0 bridgehead atoms. The standard InChI is InChI=1S/C36H34ClN3O7S.Na/c37-20-32(41)38-21-30(27-12-6-7-13-31(27)48(44,45)46)47-24-16-14-23(15-17-24)40-29-19-18-28(39-22-8-2-1-3-9-22)33-34(29)36(43)26-11-5-4-10-25(26)35(33)42;/h4-7,10-19,22,30,39-40H,1-3,8-9,20-21H2,(H,38,41)(H,44,45,46);/q;+1/p-1. The molecule has 4 aromatic rings. The number of rotatable bonds is 11. The molecule has 4 aromatic carbocycles. The molecule has 1 atom stereocenters. The van der Waals surface area contributed by atoms with Crippen molar-refractivity contribution in [3.8, 4) is 5.75 Å². The summed E-state index contributed by atoms with van der Waals surface area (Å²) in [6, 6.07) is 23.0. The van der Waals surface area contributed by atoms with E-state index < -0.39 is 27.0 Å². The molecule has 248 valence electrons. The van der Waals surface area contributed by atoms with Gasteiger partial charge in [0.2, 0.25) is 5.91 Å². The molecule has 1 amide bonds. The van der Waals surface area contributed by atoms with E-state index in [1.165, 1.54) is 24.6 Å². The number of hydrogen-bond acceptors (Lipinski definition) is 9. The molecule has 2 aliphatic carbocycles. The van der Waals surface area contributed by atoms with E-state index >= 15 is 0 Å². The largest absolute Gasteiger partial charge is 1.00 e. The van der Waals surface area contributed by atoms with Crippen LogP contribution in [0.2, 0.25) is 0 Å². The number of ketones is 2. The van der Waals surface area contributed by atoms with Crippen molar-refractivity contribution in [2.24, 2.45) is 0 Å². The van der Waals surface area contributed by atoms with Crippen LogP contribution in [0.1, 0.15) is 75.6 Å². The summed E-state index contributed by atoms with van der Waals surface area (Å²) in [6.07, 6.45) is 4.38. The SMILES string of the molecule is O=C(CCl)NCC(Oc1ccc(Nc2ccc(NC3CCCCC3)c3c2C(=O)c2ccccc2C3=O)cc1)c1ccccc1S(=O)(=O)[O-].[Na+]. The minimum Gasteiger partial charge on any atom is -0.744 e. The molecule has 0 radical (unpaired) electrons. The zero-order valence-corrected chi connectivity index (χ0v) is 30.4. The van der Waals surface area contributed by atoms with E-state index in [9.17, 15) is 27.4 Å². The molecule has 0 aliphatic heterocycles. The first-order chi connectivity index (χ1) is 23.1. The fourth-order valence-electron chi connectivity index (χ4n) is 6.29. The molecule has 10 nitrogen and oxygen atoms in total. The maximum Gasteiger partial charge on any atom is 1.00 e. The number of anilines is 3. The van der Waals surface area contributed by atoms with Crippen molar-refractivity contribution in [3.63, 3.8) is 0 Å². The molecule has 13 heteroatoms. The number of carbonyl (C=O) groups is 3. The van der Waals surface area contributed by atoms with Crippen LogP contribution in [0, 0.1) is 0 Å². The third-order valence-corrected chi connectivity index (χ3v) is 9.75. The number of benzene rings is 4. The van der Waals surface area contributed by atoms with E-state index in [1.54, 1.807) is 60.7 Å². The summed E-state index contributed by atoms with van der Waals surface area (Å²) in [5, 5.41) is 9.41. The molecule has 1 saturated carbocycles. The quantitative estimate of drug-likeness (QED) is 0.107. The van der Waals surface area contributed by atoms with Crippen LogP contribution < -0.4 is 50.2 Å². The van der Waals surface area contributed by atoms with Crippen molar-refractivity contribution in [3.05, 3.63) is 113 Å². The van der Waals surface area contributed by atoms with Gasteiger partial charge in [0.25, 0.3) is 0 Å². The van der Waals surface area contributed by atoms with Crippen molar-refractivity contribution in [1.82, 2.24) is 5.32 Å². The van der Waals surface area contributed by atoms with Gasteiger partial charge in [0.05, 0.1) is 28.3 Å². The Morgan fingerprint density at radius 3 is 2.06 bits per heavy atom. The van der Waals surface area contributed by atoms with Gasteiger partial charge in [-0.3, -0.25) is 14.4 Å². The van der Waals surface area contributed by atoms with Crippen molar-refractivity contribution < 1.29 is 61.6 Å². The van der Waals surface area contributed by atoms with Crippen LogP contribution in [-0.2, 0) is 14.9 Å². The van der Waals surface area contributed by atoms with Crippen molar-refractivity contribution >= 4 is 56.3 Å². The van der Waals surface area contributed by atoms with Gasteiger partial charge in [-0.05, 0) is 55.3 Å². The Labute approximate surface area is 312 Å². The predicted molar refractivity (Wildman–Crippen MR) is 181 cm³/mol. The van der Waals surface area contributed by atoms with Gasteiger partial charge in [0.15, 0.2) is 11.6 Å². The first-order valence-electron chi connectivity index (χ1n) is 15.7. The zero-order valence-electron chi connectivity index (χ0n) is 26.8. The van der Waals surface area contributed by atoms with Gasteiger partial charge >= 0.3 is 29.6 Å². The summed E-state index contributed by atoms with van der Waals surface area (Å²) < 4.78 is 42.0. The van der Waals surface area contributed by atoms with Crippen LogP contribution in [0.15, 0.2) is 89.8 Å². The number of ether oxygens (including phenoxy) is 1. The summed E-state index contributed by atoms with van der Waals surface area (Å²) in [4.78, 5) is 39.2. The first kappa shape index (κ1) is 36.6. The fourth-order valence-corrected chi connectivity index (χ4v) is 7.12. The molecule has 0 aromatic heterocycles. The number of fused-ring (bicyclic) bond motifs is 2. The third kappa shape index (κ3) is 8.20. The van der Waals surface area contributed by atoms with E-state index in [-0.39, 0.29) is 65.2 Å². The minimum absolute atomic E-state index is 0. The van der Waals surface area contributed by atoms with Gasteiger partial charge in [0.1, 0.15) is 27.9 Å². The van der Waals surface area contributed by atoms with E-state index in [1.807, 2.05) is 6.07 Å². The average Bonchev–Trinajstić information content (AvgIpc) is 3.10. The summed E-state index contributed by atoms with van der Waals surface area (Å²) in [5.74, 6) is -0.943. The first-order valence-corrected chi connectivity index (χ1v) is 17.6. The second-order valence-corrected chi connectivity index (χ2v) is 13.4. The van der Waals surface area contributed by atoms with Crippen LogP contribution in [0.3, 0.4) is 0 Å². The van der Waals surface area contributed by atoms with E-state index in [4.69, 9.17) is 16.3 Å². The number of halogens is 1. The number of nitrogens with one attached hydrogen (secondary N) is 3. The average molecular weight is 710 g/mol. The number of alkyl halides is 1. The van der Waals surface area contributed by atoms with Crippen LogP contribution >= 0.6 is 11.6 Å². The van der Waals surface area contributed by atoms with E-state index in [2.05, 4.69) is 16.0 Å². The van der Waals surface area contributed by atoms with E-state index in [0.717, 1.165) is 25.7 Å². The van der Waals surface area contributed by atoms with Crippen LogP contribution in [0.25, 0.3) is 0 Å². The Bertz CT molecular complexity index is 1980. The zero-order chi connectivity index (χ0) is 33.8. The molecular formula is C36H33ClN3NaO7S. The molecule has 1 fully saturated rings. The Hall–Kier alpha value is -3.71. The Balaban J connectivity index is 0.00000468. The molecule has 2 aliphatic rings. The Morgan fingerprint density at radius 2 is 1.43 bits per heavy atom. The van der Waals surface area contributed by atoms with Crippen molar-refractivity contribution in [2.75, 3.05) is 23.1 Å². The van der Waals surface area contributed by atoms with E-state index in [0.29, 0.717) is 45.1 Å². The topological polar surface area (TPSA) is 154 Å². The molecule has 1 unspecified atom stereocenters. The summed E-state index contributed by atoms with van der Waals surface area (Å²) >= 11 is 5.62. The molecule has 3 N–H and O–H groups in total. The van der Waals surface area contributed by atoms with Gasteiger partial charge in [-0.25, -0.2) is 8.42 Å². The van der Waals surface area contributed by atoms with Gasteiger partial charge in [-0.2, -0.15) is 0 Å². The molecule has 49 heavy (non-hydrogen) atoms. The molecule has 0 spiro atoms. The normalized spacial score (nSPS) is 14.9. The van der Waals surface area contributed by atoms with Crippen LogP contribution in [-0.4, -0.2) is 48.9 Å². The number of hydrogen-bond donors (Lipinski definition) is 3. The van der Waals surface area contributed by atoms with Gasteiger partial charge in [-0.1, -0.05) is 61.7 Å². The molecule has 0 heterocycles. The minimum atomic E-state index is -4.84. The predicted octanol–water partition coefficient (Wildman–Crippen LogP) is 3.33.